The van der Waals surface area contributed by atoms with Crippen molar-refractivity contribution in [1.29, 1.82) is 0 Å². The molecule has 0 fully saturated rings. The molecule has 0 unspecified atom stereocenters. The molecule has 0 aliphatic rings. The number of aryl methyl sites for hydroxylation is 1. The Hall–Kier alpha value is -1.77. The molecule has 0 aliphatic carbocycles. The Bertz CT molecular complexity index is 498. The van der Waals surface area contributed by atoms with Gasteiger partial charge in [0, 0.05) is 18.9 Å². The predicted octanol–water partition coefficient (Wildman–Crippen LogP) is 3.65. The molecule has 0 aliphatic heterocycles. The lowest BCUT2D eigenvalue weighted by Gasteiger charge is -2.19. The van der Waals surface area contributed by atoms with Crippen LogP contribution < -0.4 is 4.74 Å². The van der Waals surface area contributed by atoms with Crippen LogP contribution in [0.4, 0.5) is 0 Å². The van der Waals surface area contributed by atoms with Gasteiger partial charge in [-0.25, -0.2) is 4.98 Å². The Morgan fingerprint density at radius 1 is 1.26 bits per heavy atom. The maximum atomic E-state index is 5.81. The lowest BCUT2D eigenvalue weighted by Crippen LogP contribution is -2.11. The molecule has 0 bridgehead atoms. The van der Waals surface area contributed by atoms with E-state index >= 15 is 0 Å². The fourth-order valence-corrected chi connectivity index (χ4v) is 1.91. The summed E-state index contributed by atoms with van der Waals surface area (Å²) < 4.78 is 7.87. The van der Waals surface area contributed by atoms with Crippen LogP contribution in [0, 0.1) is 0 Å². The van der Waals surface area contributed by atoms with Gasteiger partial charge in [-0.1, -0.05) is 32.9 Å². The standard InChI is InChI=1S/C16H22N2O/c1-16(2,3)14-6-4-7-15(12-14)19-11-5-9-18-10-8-17-13-18/h4,6-8,10,12-13H,5,9,11H2,1-3H3. The Labute approximate surface area is 115 Å². The lowest BCUT2D eigenvalue weighted by molar-refractivity contribution is 0.301. The summed E-state index contributed by atoms with van der Waals surface area (Å²) >= 11 is 0. The summed E-state index contributed by atoms with van der Waals surface area (Å²) in [7, 11) is 0. The molecule has 1 heterocycles. The highest BCUT2D eigenvalue weighted by atomic mass is 16.5. The Balaban J connectivity index is 1.83. The van der Waals surface area contributed by atoms with Crippen LogP contribution in [-0.4, -0.2) is 16.2 Å². The van der Waals surface area contributed by atoms with E-state index < -0.39 is 0 Å². The van der Waals surface area contributed by atoms with Crippen molar-refractivity contribution in [2.24, 2.45) is 0 Å². The van der Waals surface area contributed by atoms with Gasteiger partial charge < -0.3 is 9.30 Å². The zero-order chi connectivity index (χ0) is 13.7. The summed E-state index contributed by atoms with van der Waals surface area (Å²) in [5.74, 6) is 0.957. The van der Waals surface area contributed by atoms with E-state index in [-0.39, 0.29) is 5.41 Å². The van der Waals surface area contributed by atoms with Crippen LogP contribution in [0.25, 0.3) is 0 Å². The van der Waals surface area contributed by atoms with Crippen LogP contribution in [0.15, 0.2) is 43.0 Å². The number of aromatic nitrogens is 2. The molecule has 3 nitrogen and oxygen atoms in total. The maximum absolute atomic E-state index is 5.81. The molecule has 0 radical (unpaired) electrons. The number of hydrogen-bond acceptors (Lipinski definition) is 2. The summed E-state index contributed by atoms with van der Waals surface area (Å²) in [5.41, 5.74) is 1.47. The number of nitrogens with zero attached hydrogens (tertiary/aromatic N) is 2. The molecule has 0 saturated heterocycles. The van der Waals surface area contributed by atoms with E-state index in [9.17, 15) is 0 Å². The van der Waals surface area contributed by atoms with Gasteiger partial charge >= 0.3 is 0 Å². The molecule has 3 heteroatoms. The van der Waals surface area contributed by atoms with Crippen LogP contribution in [0.5, 0.6) is 5.75 Å². The van der Waals surface area contributed by atoms with Gasteiger partial charge in [0.1, 0.15) is 5.75 Å². The van der Waals surface area contributed by atoms with Crippen molar-refractivity contribution in [2.75, 3.05) is 6.61 Å². The van der Waals surface area contributed by atoms with Crippen LogP contribution in [0.1, 0.15) is 32.8 Å². The van der Waals surface area contributed by atoms with Crippen LogP contribution in [0.2, 0.25) is 0 Å². The molecule has 2 rings (SSSR count). The van der Waals surface area contributed by atoms with Gasteiger partial charge in [-0.15, -0.1) is 0 Å². The summed E-state index contributed by atoms with van der Waals surface area (Å²) in [6, 6.07) is 8.37. The van der Waals surface area contributed by atoms with E-state index in [2.05, 4.69) is 48.5 Å². The molecule has 102 valence electrons. The van der Waals surface area contributed by atoms with Gasteiger partial charge in [0.25, 0.3) is 0 Å². The van der Waals surface area contributed by atoms with E-state index in [0.717, 1.165) is 25.3 Å². The molecule has 0 N–H and O–H groups in total. The minimum absolute atomic E-state index is 0.163. The lowest BCUT2D eigenvalue weighted by atomic mass is 9.87. The zero-order valence-electron chi connectivity index (χ0n) is 12.0. The first-order chi connectivity index (χ1) is 9.05. The van der Waals surface area contributed by atoms with E-state index in [1.165, 1.54) is 5.56 Å². The zero-order valence-corrected chi connectivity index (χ0v) is 12.0. The first-order valence-corrected chi connectivity index (χ1v) is 6.75. The summed E-state index contributed by atoms with van der Waals surface area (Å²) in [4.78, 5) is 4.02. The van der Waals surface area contributed by atoms with Gasteiger partial charge in [0.2, 0.25) is 0 Å². The molecular weight excluding hydrogens is 236 g/mol. The minimum Gasteiger partial charge on any atom is -0.494 e. The molecule has 19 heavy (non-hydrogen) atoms. The van der Waals surface area contributed by atoms with E-state index in [4.69, 9.17) is 4.74 Å². The average Bonchev–Trinajstić information content (AvgIpc) is 2.87. The highest BCUT2D eigenvalue weighted by Crippen LogP contribution is 2.25. The molecule has 1 aromatic heterocycles. The molecule has 0 atom stereocenters. The first kappa shape index (κ1) is 13.7. The minimum atomic E-state index is 0.163. The largest absolute Gasteiger partial charge is 0.494 e. The normalized spacial score (nSPS) is 11.5. The SMILES string of the molecule is CC(C)(C)c1cccc(OCCCn2ccnc2)c1. The fourth-order valence-electron chi connectivity index (χ4n) is 1.91. The average molecular weight is 258 g/mol. The van der Waals surface area contributed by atoms with Gasteiger partial charge in [-0.05, 0) is 29.5 Å². The van der Waals surface area contributed by atoms with E-state index in [1.54, 1.807) is 6.20 Å². The third-order valence-corrected chi connectivity index (χ3v) is 3.09. The Morgan fingerprint density at radius 3 is 2.79 bits per heavy atom. The predicted molar refractivity (Wildman–Crippen MR) is 77.5 cm³/mol. The second-order valence-corrected chi connectivity index (χ2v) is 5.78. The fraction of sp³-hybridized carbons (Fsp3) is 0.438. The van der Waals surface area contributed by atoms with Gasteiger partial charge in [0.05, 0.1) is 12.9 Å². The van der Waals surface area contributed by atoms with Crippen LogP contribution in [0.3, 0.4) is 0 Å². The van der Waals surface area contributed by atoms with Gasteiger partial charge in [-0.3, -0.25) is 0 Å². The monoisotopic (exact) mass is 258 g/mol. The topological polar surface area (TPSA) is 27.1 Å². The van der Waals surface area contributed by atoms with E-state index in [1.807, 2.05) is 18.6 Å². The smallest absolute Gasteiger partial charge is 0.119 e. The van der Waals surface area contributed by atoms with Crippen LogP contribution >= 0.6 is 0 Å². The maximum Gasteiger partial charge on any atom is 0.119 e. The highest BCUT2D eigenvalue weighted by Gasteiger charge is 2.13. The number of rotatable bonds is 5. The van der Waals surface area contributed by atoms with Crippen molar-refractivity contribution < 1.29 is 4.74 Å². The van der Waals surface area contributed by atoms with Crippen molar-refractivity contribution in [3.63, 3.8) is 0 Å². The number of ether oxygens (including phenoxy) is 1. The molecule has 0 saturated carbocycles. The number of hydrogen-bond donors (Lipinski definition) is 0. The molecule has 1 aromatic carbocycles. The third kappa shape index (κ3) is 4.12. The quantitative estimate of drug-likeness (QED) is 0.765. The second-order valence-electron chi connectivity index (χ2n) is 5.78. The molecular formula is C16H22N2O. The van der Waals surface area contributed by atoms with Crippen molar-refractivity contribution in [3.05, 3.63) is 48.5 Å². The third-order valence-electron chi connectivity index (χ3n) is 3.09. The molecule has 2 aromatic rings. The van der Waals surface area contributed by atoms with Gasteiger partial charge in [0.15, 0.2) is 0 Å². The van der Waals surface area contributed by atoms with Crippen molar-refractivity contribution >= 4 is 0 Å². The first-order valence-electron chi connectivity index (χ1n) is 6.75. The summed E-state index contributed by atoms with van der Waals surface area (Å²) in [6.07, 6.45) is 6.59. The van der Waals surface area contributed by atoms with Crippen molar-refractivity contribution in [3.8, 4) is 5.75 Å². The van der Waals surface area contributed by atoms with Crippen molar-refractivity contribution in [2.45, 2.75) is 39.2 Å². The Morgan fingerprint density at radius 2 is 2.11 bits per heavy atom. The number of benzene rings is 1. The van der Waals surface area contributed by atoms with Crippen molar-refractivity contribution in [1.82, 2.24) is 9.55 Å². The summed E-state index contributed by atoms with van der Waals surface area (Å²) in [6.45, 7) is 8.31. The second kappa shape index (κ2) is 5.91. The van der Waals surface area contributed by atoms with Gasteiger partial charge in [-0.2, -0.15) is 0 Å². The Kier molecular flexibility index (Phi) is 4.25. The number of imidazole rings is 1. The summed E-state index contributed by atoms with van der Waals surface area (Å²) in [5, 5.41) is 0. The molecule has 0 spiro atoms. The highest BCUT2D eigenvalue weighted by molar-refractivity contribution is 5.32. The molecule has 0 amide bonds. The van der Waals surface area contributed by atoms with E-state index in [0.29, 0.717) is 0 Å². The van der Waals surface area contributed by atoms with Crippen LogP contribution in [-0.2, 0) is 12.0 Å².